The summed E-state index contributed by atoms with van der Waals surface area (Å²) in [5.41, 5.74) is 3.59. The predicted molar refractivity (Wildman–Crippen MR) is 109 cm³/mol. The van der Waals surface area contributed by atoms with Crippen LogP contribution in [-0.2, 0) is 4.74 Å². The summed E-state index contributed by atoms with van der Waals surface area (Å²) < 4.78 is 7.60. The molecule has 2 fully saturated rings. The minimum Gasteiger partial charge on any atom is -0.381 e. The highest BCUT2D eigenvalue weighted by atomic mass is 16.5. The van der Waals surface area contributed by atoms with E-state index in [1.54, 1.807) is 0 Å². The largest absolute Gasteiger partial charge is 0.381 e. The zero-order valence-electron chi connectivity index (χ0n) is 17.0. The number of aromatic amines is 1. The Morgan fingerprint density at radius 3 is 2.52 bits per heavy atom. The second kappa shape index (κ2) is 7.44. The van der Waals surface area contributed by atoms with Gasteiger partial charge in [-0.1, -0.05) is 13.0 Å². The SMILES string of the molecule is CC[C@]1(N2CCC(n3c(=O)[nH]c4ccc(C)cc43)CC2)CC[C@H](OC)CC1. The maximum atomic E-state index is 12.6. The number of methoxy groups -OCH3 is 1. The molecule has 0 radical (unpaired) electrons. The van der Waals surface area contributed by atoms with Crippen LogP contribution < -0.4 is 5.69 Å². The maximum Gasteiger partial charge on any atom is 0.326 e. The van der Waals surface area contributed by atoms with Gasteiger partial charge in [0.2, 0.25) is 0 Å². The van der Waals surface area contributed by atoms with Crippen molar-refractivity contribution in [2.45, 2.75) is 76.5 Å². The molecule has 2 aromatic rings. The fraction of sp³-hybridized carbons (Fsp3) is 0.682. The van der Waals surface area contributed by atoms with E-state index in [0.717, 1.165) is 37.0 Å². The van der Waals surface area contributed by atoms with E-state index in [4.69, 9.17) is 4.74 Å². The third-order valence-electron chi connectivity index (χ3n) is 7.23. The summed E-state index contributed by atoms with van der Waals surface area (Å²) in [7, 11) is 1.84. The monoisotopic (exact) mass is 371 g/mol. The molecule has 1 aromatic heterocycles. The standard InChI is InChI=1S/C22H33N3O2/c1-4-22(11-7-18(27-3)8-12-22)24-13-9-17(10-14-24)25-20-15-16(2)5-6-19(20)23-21(25)26/h5-6,15,17-18H,4,7-14H2,1-3H3,(H,23,26)/t18-,22-. The van der Waals surface area contributed by atoms with Crippen LogP contribution in [0.5, 0.6) is 0 Å². The summed E-state index contributed by atoms with van der Waals surface area (Å²) in [5.74, 6) is 0. The molecule has 1 aliphatic heterocycles. The van der Waals surface area contributed by atoms with Gasteiger partial charge < -0.3 is 9.72 Å². The Kier molecular flexibility index (Phi) is 5.17. The van der Waals surface area contributed by atoms with Crippen molar-refractivity contribution in [2.75, 3.05) is 20.2 Å². The molecule has 1 N–H and O–H groups in total. The Hall–Kier alpha value is -1.59. The average Bonchev–Trinajstić information content (AvgIpc) is 3.03. The zero-order chi connectivity index (χ0) is 19.0. The fourth-order valence-corrected chi connectivity index (χ4v) is 5.45. The van der Waals surface area contributed by atoms with Crippen molar-refractivity contribution >= 4 is 11.0 Å². The molecule has 2 aliphatic rings. The number of hydrogen-bond acceptors (Lipinski definition) is 3. The molecule has 1 aliphatic carbocycles. The molecule has 1 aromatic carbocycles. The minimum atomic E-state index is 0.0415. The third kappa shape index (κ3) is 3.36. The molecule has 0 spiro atoms. The van der Waals surface area contributed by atoms with Crippen molar-refractivity contribution in [3.8, 4) is 0 Å². The number of nitrogens with one attached hydrogen (secondary N) is 1. The molecule has 0 atom stereocenters. The number of hydrogen-bond donors (Lipinski definition) is 1. The van der Waals surface area contributed by atoms with Crippen LogP contribution in [0.2, 0.25) is 0 Å². The Balaban J connectivity index is 1.50. The highest BCUT2D eigenvalue weighted by molar-refractivity contribution is 5.76. The number of aryl methyl sites for hydroxylation is 1. The smallest absolute Gasteiger partial charge is 0.326 e. The molecule has 5 nitrogen and oxygen atoms in total. The van der Waals surface area contributed by atoms with Gasteiger partial charge in [0.05, 0.1) is 17.1 Å². The molecule has 0 bridgehead atoms. The van der Waals surface area contributed by atoms with E-state index in [0.29, 0.717) is 17.7 Å². The van der Waals surface area contributed by atoms with Gasteiger partial charge in [0.25, 0.3) is 0 Å². The molecule has 2 heterocycles. The summed E-state index contributed by atoms with van der Waals surface area (Å²) in [6, 6.07) is 6.53. The van der Waals surface area contributed by atoms with Gasteiger partial charge in [-0.2, -0.15) is 0 Å². The quantitative estimate of drug-likeness (QED) is 0.883. The Morgan fingerprint density at radius 1 is 1.19 bits per heavy atom. The Bertz CT molecular complexity index is 837. The first kappa shape index (κ1) is 18.8. The van der Waals surface area contributed by atoms with E-state index in [2.05, 4.69) is 35.9 Å². The summed E-state index contributed by atoms with van der Waals surface area (Å²) in [4.78, 5) is 18.4. The van der Waals surface area contributed by atoms with Gasteiger partial charge in [-0.15, -0.1) is 0 Å². The third-order valence-corrected chi connectivity index (χ3v) is 7.23. The second-order valence-corrected chi connectivity index (χ2v) is 8.55. The van der Waals surface area contributed by atoms with Crippen molar-refractivity contribution in [3.05, 3.63) is 34.2 Å². The molecule has 0 amide bonds. The van der Waals surface area contributed by atoms with Crippen LogP contribution in [0.1, 0.15) is 63.5 Å². The summed E-state index contributed by atoms with van der Waals surface area (Å²) >= 11 is 0. The number of likely N-dealkylation sites (tertiary alicyclic amines) is 1. The van der Waals surface area contributed by atoms with E-state index < -0.39 is 0 Å². The van der Waals surface area contributed by atoms with Gasteiger partial charge in [-0.25, -0.2) is 4.79 Å². The molecule has 0 unspecified atom stereocenters. The number of rotatable bonds is 4. The lowest BCUT2D eigenvalue weighted by molar-refractivity contribution is -0.0258. The van der Waals surface area contributed by atoms with Gasteiger partial charge in [0.15, 0.2) is 0 Å². The molecular formula is C22H33N3O2. The zero-order valence-corrected chi connectivity index (χ0v) is 17.0. The average molecular weight is 372 g/mol. The van der Waals surface area contributed by atoms with Crippen molar-refractivity contribution in [2.24, 2.45) is 0 Å². The number of piperidine rings is 1. The van der Waals surface area contributed by atoms with Crippen LogP contribution in [-0.4, -0.2) is 46.3 Å². The molecule has 5 heteroatoms. The van der Waals surface area contributed by atoms with Gasteiger partial charge in [0, 0.05) is 31.8 Å². The molecule has 27 heavy (non-hydrogen) atoms. The Labute approximate surface area is 161 Å². The van der Waals surface area contributed by atoms with E-state index in [9.17, 15) is 4.79 Å². The predicted octanol–water partition coefficient (Wildman–Crippen LogP) is 4.01. The second-order valence-electron chi connectivity index (χ2n) is 8.55. The molecule has 1 saturated heterocycles. The minimum absolute atomic E-state index is 0.0415. The van der Waals surface area contributed by atoms with Crippen molar-refractivity contribution in [1.82, 2.24) is 14.5 Å². The highest BCUT2D eigenvalue weighted by Gasteiger charge is 2.40. The van der Waals surface area contributed by atoms with Crippen LogP contribution >= 0.6 is 0 Å². The topological polar surface area (TPSA) is 50.3 Å². The number of benzene rings is 1. The first-order valence-corrected chi connectivity index (χ1v) is 10.5. The van der Waals surface area contributed by atoms with Crippen LogP contribution in [0.3, 0.4) is 0 Å². The maximum absolute atomic E-state index is 12.6. The van der Waals surface area contributed by atoms with Gasteiger partial charge in [-0.05, 0) is 69.6 Å². The number of H-pyrrole nitrogens is 1. The molecule has 1 saturated carbocycles. The van der Waals surface area contributed by atoms with Gasteiger partial charge >= 0.3 is 5.69 Å². The van der Waals surface area contributed by atoms with Crippen molar-refractivity contribution < 1.29 is 4.74 Å². The fourth-order valence-electron chi connectivity index (χ4n) is 5.45. The van der Waals surface area contributed by atoms with Gasteiger partial charge in [0.1, 0.15) is 0 Å². The Morgan fingerprint density at radius 2 is 1.89 bits per heavy atom. The van der Waals surface area contributed by atoms with E-state index in [1.807, 2.05) is 17.7 Å². The van der Waals surface area contributed by atoms with Gasteiger partial charge in [-0.3, -0.25) is 9.47 Å². The highest BCUT2D eigenvalue weighted by Crippen LogP contribution is 2.40. The van der Waals surface area contributed by atoms with E-state index in [1.165, 1.54) is 37.7 Å². The van der Waals surface area contributed by atoms with Crippen LogP contribution in [0.4, 0.5) is 0 Å². The lowest BCUT2D eigenvalue weighted by atomic mass is 9.76. The summed E-state index contributed by atoms with van der Waals surface area (Å²) in [6.45, 7) is 6.60. The number of nitrogens with zero attached hydrogens (tertiary/aromatic N) is 2. The van der Waals surface area contributed by atoms with Crippen LogP contribution in [0.25, 0.3) is 11.0 Å². The number of ether oxygens (including phenoxy) is 1. The lowest BCUT2D eigenvalue weighted by Gasteiger charge is -2.50. The number of imidazole rings is 1. The van der Waals surface area contributed by atoms with Crippen LogP contribution in [0.15, 0.2) is 23.0 Å². The number of aromatic nitrogens is 2. The first-order valence-electron chi connectivity index (χ1n) is 10.5. The van der Waals surface area contributed by atoms with Crippen molar-refractivity contribution in [3.63, 3.8) is 0 Å². The van der Waals surface area contributed by atoms with E-state index >= 15 is 0 Å². The summed E-state index contributed by atoms with van der Waals surface area (Å²) in [6.07, 6.45) is 8.57. The van der Waals surface area contributed by atoms with Crippen LogP contribution in [0, 0.1) is 6.92 Å². The van der Waals surface area contributed by atoms with E-state index in [-0.39, 0.29) is 5.69 Å². The lowest BCUT2D eigenvalue weighted by Crippen LogP contribution is -2.54. The molecular weight excluding hydrogens is 338 g/mol. The number of fused-ring (bicyclic) bond motifs is 1. The molecule has 148 valence electrons. The normalized spacial score (nSPS) is 28.0. The first-order chi connectivity index (χ1) is 13.1. The van der Waals surface area contributed by atoms with Crippen molar-refractivity contribution in [1.29, 1.82) is 0 Å². The summed E-state index contributed by atoms with van der Waals surface area (Å²) in [5, 5.41) is 0. The molecule has 4 rings (SSSR count).